The molecule has 5 heteroatoms. The molecule has 0 fully saturated rings. The summed E-state index contributed by atoms with van der Waals surface area (Å²) in [5.41, 5.74) is 2.01. The number of para-hydroxylation sites is 1. The van der Waals surface area contributed by atoms with E-state index in [1.54, 1.807) is 0 Å². The Balaban J connectivity index is 1.89. The fourth-order valence-electron chi connectivity index (χ4n) is 4.06. The summed E-state index contributed by atoms with van der Waals surface area (Å²) in [6.07, 6.45) is 0. The molecule has 0 spiro atoms. The first-order chi connectivity index (χ1) is 14.4. The lowest BCUT2D eigenvalue weighted by Crippen LogP contribution is -2.50. The average Bonchev–Trinajstić information content (AvgIpc) is 3.02. The third kappa shape index (κ3) is 3.46. The van der Waals surface area contributed by atoms with Crippen molar-refractivity contribution in [1.82, 2.24) is 5.32 Å². The zero-order valence-corrected chi connectivity index (χ0v) is 18.8. The molecule has 0 bridgehead atoms. The van der Waals surface area contributed by atoms with Gasteiger partial charge in [0.05, 0.1) is 17.7 Å². The van der Waals surface area contributed by atoms with Gasteiger partial charge in [0.25, 0.3) is 0 Å². The van der Waals surface area contributed by atoms with Crippen LogP contribution in [-0.2, 0) is 11.1 Å². The first-order valence-corrected chi connectivity index (χ1v) is 10.8. The number of nitrogens with one attached hydrogen (secondary N) is 1. The van der Waals surface area contributed by atoms with Crippen LogP contribution >= 0.6 is 23.2 Å². The van der Waals surface area contributed by atoms with Gasteiger partial charge in [-0.25, -0.2) is 0 Å². The Kier molecular flexibility index (Phi) is 5.52. The zero-order valence-electron chi connectivity index (χ0n) is 17.2. The van der Waals surface area contributed by atoms with Crippen LogP contribution in [0.1, 0.15) is 37.5 Å². The highest BCUT2D eigenvalue weighted by molar-refractivity contribution is 6.30. The summed E-state index contributed by atoms with van der Waals surface area (Å²) in [5, 5.41) is 5.12. The maximum Gasteiger partial charge on any atom is 0.133 e. The molecule has 0 saturated heterocycles. The summed E-state index contributed by atoms with van der Waals surface area (Å²) in [4.78, 5) is 5.23. The molecule has 2 unspecified atom stereocenters. The maximum atomic E-state index is 6.17. The number of ether oxygens (including phenoxy) is 1. The van der Waals surface area contributed by atoms with Crippen molar-refractivity contribution in [2.24, 2.45) is 4.99 Å². The van der Waals surface area contributed by atoms with Crippen molar-refractivity contribution in [1.29, 1.82) is 0 Å². The summed E-state index contributed by atoms with van der Waals surface area (Å²) in [5.74, 6) is 1.61. The van der Waals surface area contributed by atoms with Gasteiger partial charge in [0, 0.05) is 10.0 Å². The maximum absolute atomic E-state index is 6.17. The lowest BCUT2D eigenvalue weighted by atomic mass is 9.72. The minimum atomic E-state index is -0.583. The molecule has 2 atom stereocenters. The predicted octanol–water partition coefficient (Wildman–Crippen LogP) is 6.57. The van der Waals surface area contributed by atoms with E-state index in [1.807, 2.05) is 67.6 Å². The molecule has 3 nitrogen and oxygen atoms in total. The van der Waals surface area contributed by atoms with Crippen LogP contribution in [-0.4, -0.2) is 12.4 Å². The highest BCUT2D eigenvalue weighted by atomic mass is 35.5. The standard InChI is InChI=1S/C25H24Cl2N2O/c1-4-30-22-8-6-5-7-21(22)23-28-24(2,17-9-13-19(26)14-10-17)25(3,29-23)18-11-15-20(27)16-12-18/h5-16H,4H2,1-3H3,(H,28,29). The van der Waals surface area contributed by atoms with Gasteiger partial charge in [0.15, 0.2) is 0 Å². The number of aliphatic imine (C=N–C) groups is 1. The molecule has 1 N–H and O–H groups in total. The Morgan fingerprint density at radius 2 is 1.40 bits per heavy atom. The molecule has 0 saturated carbocycles. The molecule has 0 aliphatic carbocycles. The lowest BCUT2D eigenvalue weighted by molar-refractivity contribution is 0.268. The number of hydrogen-bond donors (Lipinski definition) is 1. The van der Waals surface area contributed by atoms with E-state index < -0.39 is 11.1 Å². The van der Waals surface area contributed by atoms with E-state index in [0.29, 0.717) is 16.7 Å². The number of nitrogens with zero attached hydrogens (tertiary/aromatic N) is 1. The fraction of sp³-hybridized carbons (Fsp3) is 0.240. The number of amidine groups is 1. The van der Waals surface area contributed by atoms with Crippen LogP contribution in [0.4, 0.5) is 0 Å². The van der Waals surface area contributed by atoms with Crippen molar-refractivity contribution in [3.63, 3.8) is 0 Å². The zero-order chi connectivity index (χ0) is 21.4. The van der Waals surface area contributed by atoms with Gasteiger partial charge < -0.3 is 10.1 Å². The van der Waals surface area contributed by atoms with Gasteiger partial charge in [-0.15, -0.1) is 0 Å². The molecule has 1 heterocycles. The molecule has 0 amide bonds. The summed E-state index contributed by atoms with van der Waals surface area (Å²) >= 11 is 12.3. The first kappa shape index (κ1) is 20.8. The van der Waals surface area contributed by atoms with Crippen LogP contribution in [0, 0.1) is 0 Å². The van der Waals surface area contributed by atoms with E-state index in [2.05, 4.69) is 31.3 Å². The third-order valence-corrected chi connectivity index (χ3v) is 6.45. The van der Waals surface area contributed by atoms with Crippen molar-refractivity contribution in [3.8, 4) is 5.75 Å². The Morgan fingerprint density at radius 1 is 0.833 bits per heavy atom. The summed E-state index contributed by atoms with van der Waals surface area (Å²) in [6.45, 7) is 6.89. The lowest BCUT2D eigenvalue weighted by Gasteiger charge is -2.40. The molecule has 154 valence electrons. The molecule has 4 rings (SSSR count). The van der Waals surface area contributed by atoms with E-state index in [4.69, 9.17) is 32.9 Å². The Morgan fingerprint density at radius 3 is 2.00 bits per heavy atom. The Bertz CT molecular complexity index is 1080. The van der Waals surface area contributed by atoms with E-state index in [9.17, 15) is 0 Å². The summed E-state index contributed by atoms with van der Waals surface area (Å²) < 4.78 is 5.87. The fourth-order valence-corrected chi connectivity index (χ4v) is 4.31. The smallest absolute Gasteiger partial charge is 0.133 e. The normalized spacial score (nSPS) is 23.0. The highest BCUT2D eigenvalue weighted by Gasteiger charge is 2.52. The molecule has 1 aliphatic heterocycles. The Hall–Kier alpha value is -2.49. The molecule has 1 aliphatic rings. The first-order valence-electron chi connectivity index (χ1n) is 10.00. The quantitative estimate of drug-likeness (QED) is 0.488. The van der Waals surface area contributed by atoms with Gasteiger partial charge in [0.1, 0.15) is 17.1 Å². The largest absolute Gasteiger partial charge is 0.493 e. The molecule has 3 aromatic carbocycles. The van der Waals surface area contributed by atoms with Crippen molar-refractivity contribution in [3.05, 3.63) is 99.5 Å². The van der Waals surface area contributed by atoms with Crippen molar-refractivity contribution >= 4 is 29.0 Å². The molecule has 30 heavy (non-hydrogen) atoms. The third-order valence-electron chi connectivity index (χ3n) is 5.95. The van der Waals surface area contributed by atoms with Crippen LogP contribution < -0.4 is 10.1 Å². The van der Waals surface area contributed by atoms with Gasteiger partial charge in [-0.3, -0.25) is 4.99 Å². The van der Waals surface area contributed by atoms with Crippen molar-refractivity contribution in [2.45, 2.75) is 31.8 Å². The van der Waals surface area contributed by atoms with Crippen LogP contribution in [0.3, 0.4) is 0 Å². The molecule has 0 aromatic heterocycles. The van der Waals surface area contributed by atoms with Crippen LogP contribution in [0.15, 0.2) is 77.8 Å². The van der Waals surface area contributed by atoms with Gasteiger partial charge in [0.2, 0.25) is 0 Å². The summed E-state index contributed by atoms with van der Waals surface area (Å²) in [6, 6.07) is 23.8. The van der Waals surface area contributed by atoms with E-state index >= 15 is 0 Å². The van der Waals surface area contributed by atoms with E-state index in [0.717, 1.165) is 28.3 Å². The second-order valence-electron chi connectivity index (χ2n) is 7.73. The number of halogens is 2. The monoisotopic (exact) mass is 438 g/mol. The van der Waals surface area contributed by atoms with E-state index in [1.165, 1.54) is 0 Å². The van der Waals surface area contributed by atoms with Crippen LogP contribution in [0.5, 0.6) is 5.75 Å². The highest BCUT2D eigenvalue weighted by Crippen LogP contribution is 2.48. The Labute approximate surface area is 187 Å². The number of hydrogen-bond acceptors (Lipinski definition) is 3. The minimum absolute atomic E-state index is 0.514. The molecular formula is C25H24Cl2N2O. The molecule has 0 radical (unpaired) electrons. The SMILES string of the molecule is CCOc1ccccc1C1=NC(C)(c2ccc(Cl)cc2)C(C)(c2ccc(Cl)cc2)N1. The summed E-state index contributed by atoms with van der Waals surface area (Å²) in [7, 11) is 0. The average molecular weight is 439 g/mol. The van der Waals surface area contributed by atoms with Gasteiger partial charge >= 0.3 is 0 Å². The second kappa shape index (κ2) is 7.98. The van der Waals surface area contributed by atoms with Crippen molar-refractivity contribution in [2.75, 3.05) is 6.61 Å². The topological polar surface area (TPSA) is 33.6 Å². The van der Waals surface area contributed by atoms with Gasteiger partial charge in [-0.05, 0) is 68.3 Å². The van der Waals surface area contributed by atoms with Crippen LogP contribution in [0.2, 0.25) is 10.0 Å². The van der Waals surface area contributed by atoms with Crippen molar-refractivity contribution < 1.29 is 4.74 Å². The second-order valence-corrected chi connectivity index (χ2v) is 8.60. The minimum Gasteiger partial charge on any atom is -0.493 e. The number of rotatable bonds is 5. The number of benzene rings is 3. The van der Waals surface area contributed by atoms with Gasteiger partial charge in [-0.2, -0.15) is 0 Å². The molecular weight excluding hydrogens is 415 g/mol. The van der Waals surface area contributed by atoms with E-state index in [-0.39, 0.29) is 0 Å². The molecule has 3 aromatic rings. The van der Waals surface area contributed by atoms with Crippen LogP contribution in [0.25, 0.3) is 0 Å². The van der Waals surface area contributed by atoms with Gasteiger partial charge in [-0.1, -0.05) is 59.6 Å². The predicted molar refractivity (Wildman–Crippen MR) is 125 cm³/mol.